The van der Waals surface area contributed by atoms with E-state index in [2.05, 4.69) is 67.4 Å². The zero-order chi connectivity index (χ0) is 17.7. The van der Waals surface area contributed by atoms with E-state index in [4.69, 9.17) is 4.98 Å². The second-order valence-electron chi connectivity index (χ2n) is 6.79. The molecule has 2 nitrogen and oxygen atoms in total. The van der Waals surface area contributed by atoms with Gasteiger partial charge in [-0.15, -0.1) is 0 Å². The molecule has 0 aliphatic rings. The van der Waals surface area contributed by atoms with Crippen LogP contribution in [0.3, 0.4) is 0 Å². The monoisotopic (exact) mass is 334 g/mol. The van der Waals surface area contributed by atoms with E-state index in [0.29, 0.717) is 0 Å². The number of aromatic nitrogens is 2. The Labute approximate surface area is 152 Å². The molecule has 0 bridgehead atoms. The fraction of sp³-hybridized carbons (Fsp3) is 0.0833. The summed E-state index contributed by atoms with van der Waals surface area (Å²) in [5.41, 5.74) is 7.15. The third-order valence-electron chi connectivity index (χ3n) is 5.21. The Bertz CT molecular complexity index is 1240. The van der Waals surface area contributed by atoms with E-state index in [1.165, 1.54) is 38.4 Å². The van der Waals surface area contributed by atoms with E-state index < -0.39 is 0 Å². The zero-order valence-electron chi connectivity index (χ0n) is 14.8. The lowest BCUT2D eigenvalue weighted by Gasteiger charge is -2.16. The summed E-state index contributed by atoms with van der Waals surface area (Å²) in [6.45, 7) is 4.36. The van der Waals surface area contributed by atoms with Gasteiger partial charge in [0.2, 0.25) is 0 Å². The lowest BCUT2D eigenvalue weighted by molar-refractivity contribution is 1.38. The van der Waals surface area contributed by atoms with Crippen LogP contribution >= 0.6 is 0 Å². The van der Waals surface area contributed by atoms with Crippen molar-refractivity contribution in [2.75, 3.05) is 0 Å². The average molecular weight is 334 g/mol. The summed E-state index contributed by atoms with van der Waals surface area (Å²) < 4.78 is 0. The van der Waals surface area contributed by atoms with Crippen molar-refractivity contribution in [3.05, 3.63) is 84.2 Å². The number of fused-ring (bicyclic) bond motifs is 6. The van der Waals surface area contributed by atoms with Crippen molar-refractivity contribution in [1.82, 2.24) is 9.97 Å². The molecule has 5 rings (SSSR count). The predicted octanol–water partition coefficient (Wildman–Crippen LogP) is 6.22. The van der Waals surface area contributed by atoms with Crippen molar-refractivity contribution in [1.29, 1.82) is 0 Å². The van der Waals surface area contributed by atoms with Gasteiger partial charge < -0.3 is 0 Å². The molecule has 0 aliphatic carbocycles. The summed E-state index contributed by atoms with van der Waals surface area (Å²) in [4.78, 5) is 9.42. The van der Waals surface area contributed by atoms with E-state index in [1.807, 2.05) is 24.5 Å². The molecule has 26 heavy (non-hydrogen) atoms. The van der Waals surface area contributed by atoms with Gasteiger partial charge in [0.05, 0.1) is 11.0 Å². The number of hydrogen-bond acceptors (Lipinski definition) is 2. The number of nitrogens with zero attached hydrogens (tertiary/aromatic N) is 2. The van der Waals surface area contributed by atoms with Gasteiger partial charge in [0.15, 0.2) is 0 Å². The molecular formula is C24H18N2. The highest BCUT2D eigenvalue weighted by molar-refractivity contribution is 6.26. The summed E-state index contributed by atoms with van der Waals surface area (Å²) in [5, 5.41) is 4.70. The van der Waals surface area contributed by atoms with Crippen LogP contribution in [0.2, 0.25) is 0 Å². The van der Waals surface area contributed by atoms with Gasteiger partial charge in [-0.3, -0.25) is 9.97 Å². The van der Waals surface area contributed by atoms with Crippen molar-refractivity contribution in [2.45, 2.75) is 13.8 Å². The lowest BCUT2D eigenvalue weighted by Crippen LogP contribution is -1.93. The second kappa shape index (κ2) is 5.63. The number of pyridine rings is 2. The summed E-state index contributed by atoms with van der Waals surface area (Å²) in [6.07, 6.45) is 3.73. The molecule has 0 aliphatic heterocycles. The Hall–Kier alpha value is -3.26. The van der Waals surface area contributed by atoms with Crippen molar-refractivity contribution in [2.24, 2.45) is 0 Å². The van der Waals surface area contributed by atoms with E-state index in [1.54, 1.807) is 0 Å². The van der Waals surface area contributed by atoms with Gasteiger partial charge >= 0.3 is 0 Å². The topological polar surface area (TPSA) is 25.8 Å². The number of benzene rings is 3. The molecule has 0 spiro atoms. The standard InChI is InChI=1S/C24H18N2/c1-15-7-3-8-16(2)21(15)19-10-4-9-17-18-11-5-13-25-23(18)20-12-6-14-26-24(20)22(17)19/h3-14H,1-2H3. The molecule has 3 aromatic carbocycles. The van der Waals surface area contributed by atoms with Crippen molar-refractivity contribution in [3.63, 3.8) is 0 Å². The molecule has 0 N–H and O–H groups in total. The average Bonchev–Trinajstić information content (AvgIpc) is 2.68. The minimum Gasteiger partial charge on any atom is -0.256 e. The van der Waals surface area contributed by atoms with Crippen LogP contribution in [-0.2, 0) is 0 Å². The van der Waals surface area contributed by atoms with Crippen LogP contribution in [0.25, 0.3) is 43.7 Å². The summed E-state index contributed by atoms with van der Waals surface area (Å²) >= 11 is 0. The van der Waals surface area contributed by atoms with Crippen LogP contribution < -0.4 is 0 Å². The molecule has 2 heterocycles. The quantitative estimate of drug-likeness (QED) is 0.340. The number of hydrogen-bond donors (Lipinski definition) is 0. The van der Waals surface area contributed by atoms with E-state index in [-0.39, 0.29) is 0 Å². The van der Waals surface area contributed by atoms with Gasteiger partial charge in [0.1, 0.15) is 0 Å². The fourth-order valence-electron chi connectivity index (χ4n) is 4.11. The van der Waals surface area contributed by atoms with Gasteiger partial charge in [0, 0.05) is 28.6 Å². The Morgan fingerprint density at radius 2 is 1.19 bits per heavy atom. The summed E-state index contributed by atoms with van der Waals surface area (Å²) in [7, 11) is 0. The Balaban J connectivity index is 2.09. The molecule has 2 aromatic heterocycles. The van der Waals surface area contributed by atoms with Gasteiger partial charge in [-0.1, -0.05) is 42.5 Å². The molecule has 124 valence electrons. The van der Waals surface area contributed by atoms with E-state index in [9.17, 15) is 0 Å². The second-order valence-corrected chi connectivity index (χ2v) is 6.79. The van der Waals surface area contributed by atoms with Gasteiger partial charge in [0.25, 0.3) is 0 Å². The SMILES string of the molecule is Cc1cccc(C)c1-c1cccc2c3cccnc3c3cccnc3c12. The maximum Gasteiger partial charge on any atom is 0.0808 e. The Morgan fingerprint density at radius 3 is 1.96 bits per heavy atom. The lowest BCUT2D eigenvalue weighted by atomic mass is 9.89. The van der Waals surface area contributed by atoms with Crippen LogP contribution in [0, 0.1) is 13.8 Å². The van der Waals surface area contributed by atoms with E-state index >= 15 is 0 Å². The molecule has 2 heteroatoms. The minimum atomic E-state index is 1.02. The normalized spacial score (nSPS) is 11.5. The summed E-state index contributed by atoms with van der Waals surface area (Å²) in [6, 6.07) is 21.3. The fourth-order valence-corrected chi connectivity index (χ4v) is 4.11. The maximum absolute atomic E-state index is 4.76. The molecule has 0 atom stereocenters. The molecular weight excluding hydrogens is 316 g/mol. The van der Waals surface area contributed by atoms with Crippen molar-refractivity contribution < 1.29 is 0 Å². The van der Waals surface area contributed by atoms with Crippen LogP contribution in [0.4, 0.5) is 0 Å². The molecule has 0 saturated heterocycles. The van der Waals surface area contributed by atoms with Crippen molar-refractivity contribution in [3.8, 4) is 11.1 Å². The first-order chi connectivity index (χ1) is 12.8. The highest BCUT2D eigenvalue weighted by atomic mass is 14.7. The highest BCUT2D eigenvalue weighted by Crippen LogP contribution is 2.40. The first-order valence-corrected chi connectivity index (χ1v) is 8.86. The smallest absolute Gasteiger partial charge is 0.0808 e. The van der Waals surface area contributed by atoms with Gasteiger partial charge in [-0.05, 0) is 59.7 Å². The van der Waals surface area contributed by atoms with Gasteiger partial charge in [-0.2, -0.15) is 0 Å². The minimum absolute atomic E-state index is 1.02. The first kappa shape index (κ1) is 15.0. The number of rotatable bonds is 1. The van der Waals surface area contributed by atoms with Gasteiger partial charge in [-0.25, -0.2) is 0 Å². The third kappa shape index (κ3) is 2.05. The Morgan fingerprint density at radius 1 is 0.577 bits per heavy atom. The molecule has 0 amide bonds. The van der Waals surface area contributed by atoms with Crippen LogP contribution in [0.5, 0.6) is 0 Å². The first-order valence-electron chi connectivity index (χ1n) is 8.86. The Kier molecular flexibility index (Phi) is 3.26. The van der Waals surface area contributed by atoms with Crippen LogP contribution in [0.15, 0.2) is 73.1 Å². The molecule has 0 unspecified atom stereocenters. The third-order valence-corrected chi connectivity index (χ3v) is 5.21. The molecule has 0 fully saturated rings. The molecule has 0 saturated carbocycles. The van der Waals surface area contributed by atoms with Crippen molar-refractivity contribution >= 4 is 32.6 Å². The maximum atomic E-state index is 4.76. The van der Waals surface area contributed by atoms with Crippen LogP contribution in [0.1, 0.15) is 11.1 Å². The molecule has 0 radical (unpaired) electrons. The zero-order valence-corrected chi connectivity index (χ0v) is 14.8. The van der Waals surface area contributed by atoms with E-state index in [0.717, 1.165) is 16.4 Å². The predicted molar refractivity (Wildman–Crippen MR) is 109 cm³/mol. The highest BCUT2D eigenvalue weighted by Gasteiger charge is 2.15. The summed E-state index contributed by atoms with van der Waals surface area (Å²) in [5.74, 6) is 0. The number of aryl methyl sites for hydroxylation is 2. The van der Waals surface area contributed by atoms with Crippen LogP contribution in [-0.4, -0.2) is 9.97 Å². The largest absolute Gasteiger partial charge is 0.256 e. The molecule has 5 aromatic rings.